The number of benzene rings is 1. The van der Waals surface area contributed by atoms with Crippen molar-refractivity contribution in [3.05, 3.63) is 53.9 Å². The molecule has 0 atom stereocenters. The number of carbonyl (C=O) groups excluding carboxylic acids is 2. The van der Waals surface area contributed by atoms with Gasteiger partial charge in [0.25, 0.3) is 0 Å². The van der Waals surface area contributed by atoms with E-state index in [-0.39, 0.29) is 24.8 Å². The lowest BCUT2D eigenvalue weighted by atomic mass is 10.0. The second-order valence-electron chi connectivity index (χ2n) is 4.68. The summed E-state index contributed by atoms with van der Waals surface area (Å²) < 4.78 is 15.4. The maximum absolute atomic E-state index is 12.3. The number of methoxy groups -OCH3 is 2. The molecule has 0 aliphatic carbocycles. The van der Waals surface area contributed by atoms with E-state index in [4.69, 9.17) is 14.2 Å². The normalized spacial score (nSPS) is 10.2. The molecule has 2 aromatic rings. The van der Waals surface area contributed by atoms with Gasteiger partial charge in [0.1, 0.15) is 0 Å². The van der Waals surface area contributed by atoms with Crippen molar-refractivity contribution in [3.8, 4) is 11.5 Å². The van der Waals surface area contributed by atoms with Crippen LogP contribution in [-0.4, -0.2) is 37.6 Å². The van der Waals surface area contributed by atoms with Crippen molar-refractivity contribution in [2.24, 2.45) is 0 Å². The summed E-state index contributed by atoms with van der Waals surface area (Å²) >= 11 is 0. The fourth-order valence-corrected chi connectivity index (χ4v) is 1.97. The summed E-state index contributed by atoms with van der Waals surface area (Å²) in [6.07, 6.45) is 2.82. The number of hydrogen-bond donors (Lipinski definition) is 0. The van der Waals surface area contributed by atoms with Gasteiger partial charge in [-0.1, -0.05) is 0 Å². The predicted molar refractivity (Wildman–Crippen MR) is 83.0 cm³/mol. The van der Waals surface area contributed by atoms with Crippen LogP contribution in [0.25, 0.3) is 0 Å². The van der Waals surface area contributed by atoms with Gasteiger partial charge in [-0.05, 0) is 30.3 Å². The quantitative estimate of drug-likeness (QED) is 0.423. The van der Waals surface area contributed by atoms with Gasteiger partial charge in [0.05, 0.1) is 13.5 Å². The third kappa shape index (κ3) is 4.37. The van der Waals surface area contributed by atoms with E-state index in [1.54, 1.807) is 30.3 Å². The molecule has 1 heterocycles. The minimum absolute atomic E-state index is 0.0736. The first kappa shape index (κ1) is 16.6. The summed E-state index contributed by atoms with van der Waals surface area (Å²) in [5.74, 6) is 0.329. The number of pyridine rings is 1. The number of hydrogen-bond acceptors (Lipinski definition) is 6. The van der Waals surface area contributed by atoms with Gasteiger partial charge in [0.15, 0.2) is 29.9 Å². The highest BCUT2D eigenvalue weighted by Crippen LogP contribution is 2.28. The van der Waals surface area contributed by atoms with E-state index in [2.05, 4.69) is 4.98 Å². The molecule has 23 heavy (non-hydrogen) atoms. The van der Waals surface area contributed by atoms with Crippen LogP contribution >= 0.6 is 0 Å². The van der Waals surface area contributed by atoms with Crippen LogP contribution in [0, 0.1) is 0 Å². The Labute approximate surface area is 134 Å². The first-order chi connectivity index (χ1) is 11.2. The van der Waals surface area contributed by atoms with E-state index in [1.165, 1.54) is 26.6 Å². The molecule has 0 spiro atoms. The molecule has 120 valence electrons. The number of rotatable bonds is 8. The van der Waals surface area contributed by atoms with Crippen molar-refractivity contribution in [3.63, 3.8) is 0 Å². The maximum Gasteiger partial charge on any atom is 0.188 e. The predicted octanol–water partition coefficient (Wildman–Crippen LogP) is 2.53. The second kappa shape index (κ2) is 8.05. The molecule has 2 rings (SSSR count). The SMILES string of the molecule is COCOc1ccc(C(=O)CC(=O)c2ccncc2)cc1OC. The lowest BCUT2D eigenvalue weighted by molar-refractivity contribution is 0.0491. The number of carbonyl (C=O) groups is 2. The van der Waals surface area contributed by atoms with Crippen LogP contribution in [0.5, 0.6) is 11.5 Å². The number of nitrogens with zero attached hydrogens (tertiary/aromatic N) is 1. The molecule has 0 radical (unpaired) electrons. The smallest absolute Gasteiger partial charge is 0.188 e. The monoisotopic (exact) mass is 315 g/mol. The highest BCUT2D eigenvalue weighted by molar-refractivity contribution is 6.13. The van der Waals surface area contributed by atoms with Gasteiger partial charge in [-0.3, -0.25) is 14.6 Å². The Morgan fingerprint density at radius 3 is 2.30 bits per heavy atom. The molecule has 0 saturated carbocycles. The lowest BCUT2D eigenvalue weighted by Gasteiger charge is -2.11. The van der Waals surface area contributed by atoms with Gasteiger partial charge in [-0.25, -0.2) is 0 Å². The van der Waals surface area contributed by atoms with E-state index in [0.29, 0.717) is 22.6 Å². The fourth-order valence-electron chi connectivity index (χ4n) is 1.97. The summed E-state index contributed by atoms with van der Waals surface area (Å²) in [6, 6.07) is 7.92. The number of ether oxygens (including phenoxy) is 3. The summed E-state index contributed by atoms with van der Waals surface area (Å²) in [4.78, 5) is 28.2. The fraction of sp³-hybridized carbons (Fsp3) is 0.235. The number of Topliss-reactive ketones (excluding diaryl/α,β-unsaturated/α-hetero) is 2. The first-order valence-corrected chi connectivity index (χ1v) is 6.92. The summed E-state index contributed by atoms with van der Waals surface area (Å²) in [5, 5.41) is 0. The zero-order valence-electron chi connectivity index (χ0n) is 12.9. The van der Waals surface area contributed by atoms with Crippen molar-refractivity contribution < 1.29 is 23.8 Å². The van der Waals surface area contributed by atoms with E-state index in [1.807, 2.05) is 0 Å². The van der Waals surface area contributed by atoms with Crippen LogP contribution in [0.15, 0.2) is 42.7 Å². The van der Waals surface area contributed by atoms with Crippen molar-refractivity contribution in [2.75, 3.05) is 21.0 Å². The molecule has 0 fully saturated rings. The highest BCUT2D eigenvalue weighted by atomic mass is 16.7. The Bertz CT molecular complexity index is 685. The van der Waals surface area contributed by atoms with Crippen LogP contribution in [-0.2, 0) is 4.74 Å². The molecule has 1 aromatic carbocycles. The minimum atomic E-state index is -0.289. The molecule has 0 aliphatic rings. The van der Waals surface area contributed by atoms with Gasteiger partial charge < -0.3 is 14.2 Å². The van der Waals surface area contributed by atoms with E-state index >= 15 is 0 Å². The molecule has 0 bridgehead atoms. The van der Waals surface area contributed by atoms with E-state index in [9.17, 15) is 9.59 Å². The molecule has 0 aliphatic heterocycles. The first-order valence-electron chi connectivity index (χ1n) is 6.92. The van der Waals surface area contributed by atoms with Crippen molar-refractivity contribution in [2.45, 2.75) is 6.42 Å². The average molecular weight is 315 g/mol. The molecule has 0 N–H and O–H groups in total. The standard InChI is InChI=1S/C17H17NO5/c1-21-11-23-16-4-3-13(9-17(16)22-2)15(20)10-14(19)12-5-7-18-8-6-12/h3-9H,10-11H2,1-2H3. The van der Waals surface area contributed by atoms with Crippen LogP contribution in [0.4, 0.5) is 0 Å². The van der Waals surface area contributed by atoms with Gasteiger partial charge >= 0.3 is 0 Å². The molecular formula is C17H17NO5. The van der Waals surface area contributed by atoms with Crippen LogP contribution < -0.4 is 9.47 Å². The second-order valence-corrected chi connectivity index (χ2v) is 4.68. The Balaban J connectivity index is 2.11. The zero-order valence-corrected chi connectivity index (χ0v) is 12.9. The molecule has 0 amide bonds. The third-order valence-electron chi connectivity index (χ3n) is 3.14. The zero-order chi connectivity index (χ0) is 16.7. The van der Waals surface area contributed by atoms with Crippen LogP contribution in [0.2, 0.25) is 0 Å². The molecule has 0 saturated heterocycles. The van der Waals surface area contributed by atoms with Gasteiger partial charge in [0, 0.05) is 30.6 Å². The third-order valence-corrected chi connectivity index (χ3v) is 3.14. The highest BCUT2D eigenvalue weighted by Gasteiger charge is 2.16. The Hall–Kier alpha value is -2.73. The molecule has 6 nitrogen and oxygen atoms in total. The number of ketones is 2. The van der Waals surface area contributed by atoms with Gasteiger partial charge in [0.2, 0.25) is 0 Å². The van der Waals surface area contributed by atoms with E-state index in [0.717, 1.165) is 0 Å². The van der Waals surface area contributed by atoms with Crippen LogP contribution in [0.1, 0.15) is 27.1 Å². The molecule has 0 unspecified atom stereocenters. The maximum atomic E-state index is 12.3. The largest absolute Gasteiger partial charge is 0.493 e. The van der Waals surface area contributed by atoms with Gasteiger partial charge in [-0.15, -0.1) is 0 Å². The summed E-state index contributed by atoms with van der Waals surface area (Å²) in [6.45, 7) is 0.0736. The average Bonchev–Trinajstić information content (AvgIpc) is 2.60. The van der Waals surface area contributed by atoms with Crippen molar-refractivity contribution in [1.82, 2.24) is 4.98 Å². The Kier molecular flexibility index (Phi) is 5.82. The number of aromatic nitrogens is 1. The van der Waals surface area contributed by atoms with Crippen molar-refractivity contribution >= 4 is 11.6 Å². The summed E-state index contributed by atoms with van der Waals surface area (Å²) in [5.41, 5.74) is 0.842. The molecular weight excluding hydrogens is 298 g/mol. The molecule has 1 aromatic heterocycles. The minimum Gasteiger partial charge on any atom is -0.493 e. The van der Waals surface area contributed by atoms with E-state index < -0.39 is 0 Å². The topological polar surface area (TPSA) is 74.7 Å². The Morgan fingerprint density at radius 1 is 0.957 bits per heavy atom. The summed E-state index contributed by atoms with van der Waals surface area (Å²) in [7, 11) is 2.99. The Morgan fingerprint density at radius 2 is 1.65 bits per heavy atom. The lowest BCUT2D eigenvalue weighted by Crippen LogP contribution is -2.09. The molecule has 6 heteroatoms. The van der Waals surface area contributed by atoms with Crippen LogP contribution in [0.3, 0.4) is 0 Å². The van der Waals surface area contributed by atoms with Gasteiger partial charge in [-0.2, -0.15) is 0 Å². The van der Waals surface area contributed by atoms with Crippen molar-refractivity contribution in [1.29, 1.82) is 0 Å².